The SMILES string of the molecule is CCc1ccc(CC(=O)N2CCNC[C@H]2C)cc1.Cl. The molecule has 1 aliphatic heterocycles. The van der Waals surface area contributed by atoms with E-state index in [1.165, 1.54) is 5.56 Å². The van der Waals surface area contributed by atoms with Crippen LogP contribution in [0.3, 0.4) is 0 Å². The highest BCUT2D eigenvalue weighted by Gasteiger charge is 2.22. The molecule has 1 aromatic rings. The lowest BCUT2D eigenvalue weighted by atomic mass is 10.1. The molecule has 0 aromatic heterocycles. The molecular weight excluding hydrogens is 260 g/mol. The summed E-state index contributed by atoms with van der Waals surface area (Å²) in [5.74, 6) is 0.244. The van der Waals surface area contributed by atoms with Crippen molar-refractivity contribution in [3.63, 3.8) is 0 Å². The van der Waals surface area contributed by atoms with Gasteiger partial charge in [-0.05, 0) is 24.5 Å². The van der Waals surface area contributed by atoms with Gasteiger partial charge in [-0.3, -0.25) is 4.79 Å². The molecule has 0 saturated carbocycles. The van der Waals surface area contributed by atoms with Crippen molar-refractivity contribution in [2.75, 3.05) is 19.6 Å². The fourth-order valence-corrected chi connectivity index (χ4v) is 2.38. The van der Waals surface area contributed by atoms with Crippen molar-refractivity contribution in [1.29, 1.82) is 0 Å². The quantitative estimate of drug-likeness (QED) is 0.920. The second-order valence-electron chi connectivity index (χ2n) is 4.99. The molecule has 4 heteroatoms. The molecule has 1 aliphatic rings. The molecule has 3 nitrogen and oxygen atoms in total. The van der Waals surface area contributed by atoms with Gasteiger partial charge in [-0.15, -0.1) is 12.4 Å². The molecule has 0 bridgehead atoms. The molecular formula is C15H23ClN2O. The first-order valence-electron chi connectivity index (χ1n) is 6.78. The van der Waals surface area contributed by atoms with Crippen LogP contribution in [0.25, 0.3) is 0 Å². The van der Waals surface area contributed by atoms with Crippen LogP contribution in [0.5, 0.6) is 0 Å². The minimum absolute atomic E-state index is 0. The van der Waals surface area contributed by atoms with Gasteiger partial charge < -0.3 is 10.2 Å². The summed E-state index contributed by atoms with van der Waals surface area (Å²) in [4.78, 5) is 14.2. The van der Waals surface area contributed by atoms with Crippen LogP contribution in [0.1, 0.15) is 25.0 Å². The second-order valence-corrected chi connectivity index (χ2v) is 4.99. The number of aryl methyl sites for hydroxylation is 1. The van der Waals surface area contributed by atoms with Crippen molar-refractivity contribution in [2.45, 2.75) is 32.7 Å². The van der Waals surface area contributed by atoms with Gasteiger partial charge in [-0.1, -0.05) is 31.2 Å². The van der Waals surface area contributed by atoms with E-state index in [1.54, 1.807) is 0 Å². The van der Waals surface area contributed by atoms with Crippen LogP contribution in [0.2, 0.25) is 0 Å². The van der Waals surface area contributed by atoms with Gasteiger partial charge in [0.05, 0.1) is 6.42 Å². The van der Waals surface area contributed by atoms with Gasteiger partial charge in [-0.25, -0.2) is 0 Å². The van der Waals surface area contributed by atoms with E-state index in [-0.39, 0.29) is 18.3 Å². The van der Waals surface area contributed by atoms with Crippen LogP contribution < -0.4 is 5.32 Å². The van der Waals surface area contributed by atoms with E-state index in [2.05, 4.69) is 43.4 Å². The monoisotopic (exact) mass is 282 g/mol. The van der Waals surface area contributed by atoms with Crippen LogP contribution in [-0.2, 0) is 17.6 Å². The molecule has 1 atom stereocenters. The zero-order valence-electron chi connectivity index (χ0n) is 11.7. The predicted octanol–water partition coefficient (Wildman–Crippen LogP) is 2.03. The fourth-order valence-electron chi connectivity index (χ4n) is 2.38. The Balaban J connectivity index is 0.00000180. The minimum Gasteiger partial charge on any atom is -0.337 e. The zero-order valence-corrected chi connectivity index (χ0v) is 12.5. The molecule has 1 saturated heterocycles. The molecule has 1 N–H and O–H groups in total. The summed E-state index contributed by atoms with van der Waals surface area (Å²) >= 11 is 0. The van der Waals surface area contributed by atoms with Crippen LogP contribution in [-0.4, -0.2) is 36.5 Å². The number of carbonyl (C=O) groups excluding carboxylic acids is 1. The number of amides is 1. The van der Waals surface area contributed by atoms with E-state index in [9.17, 15) is 4.79 Å². The lowest BCUT2D eigenvalue weighted by Gasteiger charge is -2.34. The summed E-state index contributed by atoms with van der Waals surface area (Å²) in [6.45, 7) is 6.88. The summed E-state index contributed by atoms with van der Waals surface area (Å²) in [7, 11) is 0. The van der Waals surface area contributed by atoms with E-state index >= 15 is 0 Å². The molecule has 1 amide bonds. The van der Waals surface area contributed by atoms with E-state index in [4.69, 9.17) is 0 Å². The van der Waals surface area contributed by atoms with Crippen LogP contribution in [0.15, 0.2) is 24.3 Å². The predicted molar refractivity (Wildman–Crippen MR) is 80.8 cm³/mol. The number of rotatable bonds is 3. The van der Waals surface area contributed by atoms with Gasteiger partial charge in [0.25, 0.3) is 0 Å². The van der Waals surface area contributed by atoms with Gasteiger partial charge in [0, 0.05) is 25.7 Å². The van der Waals surface area contributed by atoms with Crippen LogP contribution >= 0.6 is 12.4 Å². The van der Waals surface area contributed by atoms with Crippen molar-refractivity contribution < 1.29 is 4.79 Å². The summed E-state index contributed by atoms with van der Waals surface area (Å²) in [5, 5.41) is 3.30. The van der Waals surface area contributed by atoms with E-state index in [0.29, 0.717) is 12.5 Å². The van der Waals surface area contributed by atoms with Crippen molar-refractivity contribution >= 4 is 18.3 Å². The standard InChI is InChI=1S/C15H22N2O.ClH/c1-3-13-4-6-14(7-5-13)10-15(18)17-9-8-16-11-12(17)2;/h4-7,12,16H,3,8-11H2,1-2H3;1H/t12-;/m1./s1. The smallest absolute Gasteiger partial charge is 0.227 e. The molecule has 1 fully saturated rings. The third kappa shape index (κ3) is 4.22. The maximum absolute atomic E-state index is 12.2. The topological polar surface area (TPSA) is 32.3 Å². The lowest BCUT2D eigenvalue weighted by molar-refractivity contribution is -0.133. The average molecular weight is 283 g/mol. The third-order valence-electron chi connectivity index (χ3n) is 3.61. The third-order valence-corrected chi connectivity index (χ3v) is 3.61. The molecule has 0 spiro atoms. The van der Waals surface area contributed by atoms with Gasteiger partial charge >= 0.3 is 0 Å². The highest BCUT2D eigenvalue weighted by molar-refractivity contribution is 5.85. The van der Waals surface area contributed by atoms with Gasteiger partial charge in [0.15, 0.2) is 0 Å². The summed E-state index contributed by atoms with van der Waals surface area (Å²) in [5.41, 5.74) is 2.43. The van der Waals surface area contributed by atoms with E-state index in [0.717, 1.165) is 31.6 Å². The number of hydrogen-bond acceptors (Lipinski definition) is 2. The molecule has 19 heavy (non-hydrogen) atoms. The Morgan fingerprint density at radius 2 is 1.95 bits per heavy atom. The molecule has 1 aromatic carbocycles. The Morgan fingerprint density at radius 1 is 1.32 bits per heavy atom. The van der Waals surface area contributed by atoms with Gasteiger partial charge in [0.2, 0.25) is 5.91 Å². The molecule has 106 valence electrons. The van der Waals surface area contributed by atoms with Crippen molar-refractivity contribution in [3.8, 4) is 0 Å². The van der Waals surface area contributed by atoms with Crippen LogP contribution in [0, 0.1) is 0 Å². The molecule has 0 radical (unpaired) electrons. The number of piperazine rings is 1. The Bertz CT molecular complexity index is 405. The number of halogens is 1. The van der Waals surface area contributed by atoms with Gasteiger partial charge in [-0.2, -0.15) is 0 Å². The Morgan fingerprint density at radius 3 is 2.53 bits per heavy atom. The number of nitrogens with one attached hydrogen (secondary N) is 1. The number of carbonyl (C=O) groups is 1. The average Bonchev–Trinajstić information content (AvgIpc) is 2.40. The second kappa shape index (κ2) is 7.51. The maximum atomic E-state index is 12.2. The Kier molecular flexibility index (Phi) is 6.32. The van der Waals surface area contributed by atoms with Crippen molar-refractivity contribution in [1.82, 2.24) is 10.2 Å². The van der Waals surface area contributed by atoms with Crippen LogP contribution in [0.4, 0.5) is 0 Å². The van der Waals surface area contributed by atoms with E-state index in [1.807, 2.05) is 4.90 Å². The van der Waals surface area contributed by atoms with Crippen molar-refractivity contribution in [2.24, 2.45) is 0 Å². The molecule has 0 aliphatic carbocycles. The minimum atomic E-state index is 0. The van der Waals surface area contributed by atoms with Gasteiger partial charge in [0.1, 0.15) is 0 Å². The highest BCUT2D eigenvalue weighted by atomic mass is 35.5. The number of hydrogen-bond donors (Lipinski definition) is 1. The summed E-state index contributed by atoms with van der Waals surface area (Å²) in [6.07, 6.45) is 1.57. The fraction of sp³-hybridized carbons (Fsp3) is 0.533. The molecule has 0 unspecified atom stereocenters. The largest absolute Gasteiger partial charge is 0.337 e. The number of nitrogens with zero attached hydrogens (tertiary/aromatic N) is 1. The number of benzene rings is 1. The van der Waals surface area contributed by atoms with Crippen molar-refractivity contribution in [3.05, 3.63) is 35.4 Å². The first-order valence-corrected chi connectivity index (χ1v) is 6.78. The first kappa shape index (κ1) is 16.0. The summed E-state index contributed by atoms with van der Waals surface area (Å²) < 4.78 is 0. The Hall–Kier alpha value is -1.06. The first-order chi connectivity index (χ1) is 8.70. The lowest BCUT2D eigenvalue weighted by Crippen LogP contribution is -2.52. The Labute approximate surface area is 121 Å². The van der Waals surface area contributed by atoms with E-state index < -0.39 is 0 Å². The molecule has 1 heterocycles. The molecule has 2 rings (SSSR count). The summed E-state index contributed by atoms with van der Waals surface area (Å²) in [6, 6.07) is 8.68. The maximum Gasteiger partial charge on any atom is 0.227 e. The highest BCUT2D eigenvalue weighted by Crippen LogP contribution is 2.10. The zero-order chi connectivity index (χ0) is 13.0. The normalized spacial score (nSPS) is 18.8.